The number of fused-ring (bicyclic) bond motifs is 2. The van der Waals surface area contributed by atoms with Gasteiger partial charge < -0.3 is 5.32 Å². The first kappa shape index (κ1) is 10.7. The van der Waals surface area contributed by atoms with Gasteiger partial charge in [-0.05, 0) is 60.9 Å². The van der Waals surface area contributed by atoms with E-state index in [4.69, 9.17) is 0 Å². The van der Waals surface area contributed by atoms with Crippen LogP contribution < -0.4 is 5.32 Å². The molecule has 2 bridgehead atoms. The summed E-state index contributed by atoms with van der Waals surface area (Å²) in [7, 11) is 0. The fourth-order valence-corrected chi connectivity index (χ4v) is 3.90. The fourth-order valence-electron chi connectivity index (χ4n) is 3.20. The highest BCUT2D eigenvalue weighted by molar-refractivity contribution is 7.07. The number of aryl methyl sites for hydroxylation is 1. The standard InChI is InChI=1S/C13H18FNS/c14-13(5-3-10-4-6-16-9-10)7-11-1-2-12(8-13)15-11/h4,6,9,11-12,15H,1-3,5,7-8H2. The Morgan fingerprint density at radius 1 is 1.38 bits per heavy atom. The molecule has 2 aliphatic rings. The molecule has 2 fully saturated rings. The van der Waals surface area contributed by atoms with Crippen molar-refractivity contribution in [3.8, 4) is 0 Å². The number of piperidine rings is 1. The Bertz CT molecular complexity index is 337. The Balaban J connectivity index is 1.61. The first-order valence-corrected chi connectivity index (χ1v) is 7.14. The molecule has 1 N–H and O–H groups in total. The minimum atomic E-state index is -0.904. The monoisotopic (exact) mass is 239 g/mol. The van der Waals surface area contributed by atoms with E-state index in [1.807, 2.05) is 0 Å². The van der Waals surface area contributed by atoms with Crippen molar-refractivity contribution >= 4 is 11.3 Å². The van der Waals surface area contributed by atoms with Crippen LogP contribution in [-0.2, 0) is 6.42 Å². The number of nitrogens with one attached hydrogen (secondary N) is 1. The molecule has 16 heavy (non-hydrogen) atoms. The first-order chi connectivity index (χ1) is 7.73. The van der Waals surface area contributed by atoms with Gasteiger partial charge in [-0.2, -0.15) is 11.3 Å². The van der Waals surface area contributed by atoms with E-state index < -0.39 is 5.67 Å². The van der Waals surface area contributed by atoms with Crippen LogP contribution in [0.15, 0.2) is 16.8 Å². The topological polar surface area (TPSA) is 12.0 Å². The number of hydrogen-bond acceptors (Lipinski definition) is 2. The van der Waals surface area contributed by atoms with E-state index in [0.717, 1.165) is 19.3 Å². The van der Waals surface area contributed by atoms with Crippen molar-refractivity contribution in [1.82, 2.24) is 5.32 Å². The van der Waals surface area contributed by atoms with Crippen molar-refractivity contribution in [1.29, 1.82) is 0 Å². The molecule has 3 rings (SSSR count). The van der Waals surface area contributed by atoms with Gasteiger partial charge in [-0.1, -0.05) is 0 Å². The van der Waals surface area contributed by atoms with Crippen LogP contribution in [0.25, 0.3) is 0 Å². The predicted octanol–water partition coefficient (Wildman–Crippen LogP) is 3.30. The van der Waals surface area contributed by atoms with Crippen molar-refractivity contribution < 1.29 is 4.39 Å². The average Bonchev–Trinajstić information content (AvgIpc) is 2.86. The van der Waals surface area contributed by atoms with Crippen molar-refractivity contribution in [2.75, 3.05) is 0 Å². The van der Waals surface area contributed by atoms with E-state index in [1.165, 1.54) is 18.4 Å². The Labute approximate surface area is 100 Å². The maximum atomic E-state index is 14.7. The number of halogens is 1. The minimum Gasteiger partial charge on any atom is -0.311 e. The molecule has 0 aliphatic carbocycles. The van der Waals surface area contributed by atoms with Gasteiger partial charge >= 0.3 is 0 Å². The summed E-state index contributed by atoms with van der Waals surface area (Å²) in [4.78, 5) is 0. The van der Waals surface area contributed by atoms with Gasteiger partial charge in [0.1, 0.15) is 5.67 Å². The lowest BCUT2D eigenvalue weighted by molar-refractivity contribution is 0.0798. The van der Waals surface area contributed by atoms with E-state index in [-0.39, 0.29) is 0 Å². The Morgan fingerprint density at radius 3 is 2.75 bits per heavy atom. The molecule has 0 aromatic carbocycles. The van der Waals surface area contributed by atoms with E-state index >= 15 is 0 Å². The summed E-state index contributed by atoms with van der Waals surface area (Å²) in [6.07, 6.45) is 5.42. The zero-order chi connectivity index (χ0) is 11.0. The van der Waals surface area contributed by atoms with E-state index in [0.29, 0.717) is 18.5 Å². The summed E-state index contributed by atoms with van der Waals surface area (Å²) in [5, 5.41) is 7.71. The second kappa shape index (κ2) is 4.11. The molecular formula is C13H18FNS. The van der Waals surface area contributed by atoms with E-state index in [9.17, 15) is 4.39 Å². The predicted molar refractivity (Wildman–Crippen MR) is 65.7 cm³/mol. The first-order valence-electron chi connectivity index (χ1n) is 6.20. The van der Waals surface area contributed by atoms with E-state index in [2.05, 4.69) is 22.1 Å². The molecule has 1 aromatic rings. The normalized spacial score (nSPS) is 37.8. The Hall–Kier alpha value is -0.410. The van der Waals surface area contributed by atoms with Crippen molar-refractivity contribution in [3.05, 3.63) is 22.4 Å². The third-order valence-corrected chi connectivity index (χ3v) is 4.73. The summed E-state index contributed by atoms with van der Waals surface area (Å²) < 4.78 is 14.7. The summed E-state index contributed by atoms with van der Waals surface area (Å²) in [5.41, 5.74) is 0.395. The van der Waals surface area contributed by atoms with Crippen molar-refractivity contribution in [2.45, 2.75) is 56.3 Å². The van der Waals surface area contributed by atoms with Crippen molar-refractivity contribution in [2.24, 2.45) is 0 Å². The molecule has 0 amide bonds. The molecule has 3 heteroatoms. The molecule has 2 atom stereocenters. The van der Waals surface area contributed by atoms with Crippen LogP contribution >= 0.6 is 11.3 Å². The maximum Gasteiger partial charge on any atom is 0.114 e. The SMILES string of the molecule is FC1(CCc2ccsc2)CC2CCC(C1)N2. The molecule has 1 aromatic heterocycles. The third-order valence-electron chi connectivity index (χ3n) is 4.00. The van der Waals surface area contributed by atoms with Crippen LogP contribution in [0.1, 0.15) is 37.7 Å². The molecule has 0 saturated carbocycles. The summed E-state index contributed by atoms with van der Waals surface area (Å²) in [5.74, 6) is 0. The van der Waals surface area contributed by atoms with Gasteiger partial charge in [0.15, 0.2) is 0 Å². The number of thiophene rings is 1. The highest BCUT2D eigenvalue weighted by atomic mass is 32.1. The zero-order valence-corrected chi connectivity index (χ0v) is 10.2. The summed E-state index contributed by atoms with van der Waals surface area (Å²) in [6.45, 7) is 0. The smallest absolute Gasteiger partial charge is 0.114 e. The zero-order valence-electron chi connectivity index (χ0n) is 9.42. The van der Waals surface area contributed by atoms with Crippen LogP contribution in [0.4, 0.5) is 4.39 Å². The Morgan fingerprint density at radius 2 is 2.12 bits per heavy atom. The molecule has 2 unspecified atom stereocenters. The largest absolute Gasteiger partial charge is 0.311 e. The van der Waals surface area contributed by atoms with Gasteiger partial charge in [-0.15, -0.1) is 0 Å². The van der Waals surface area contributed by atoms with Crippen LogP contribution in [0.2, 0.25) is 0 Å². The minimum absolute atomic E-state index is 0.450. The number of rotatable bonds is 3. The molecule has 2 aliphatic heterocycles. The van der Waals surface area contributed by atoms with Gasteiger partial charge in [0.05, 0.1) is 0 Å². The second-order valence-corrected chi connectivity index (χ2v) is 6.11. The molecule has 0 radical (unpaired) electrons. The lowest BCUT2D eigenvalue weighted by atomic mass is 9.85. The molecule has 2 saturated heterocycles. The number of alkyl halides is 1. The molecular weight excluding hydrogens is 221 g/mol. The quantitative estimate of drug-likeness (QED) is 0.853. The lowest BCUT2D eigenvalue weighted by Crippen LogP contribution is -2.46. The molecule has 0 spiro atoms. The van der Waals surface area contributed by atoms with Crippen LogP contribution in [0, 0.1) is 0 Å². The molecule has 1 nitrogen and oxygen atoms in total. The number of hydrogen-bond donors (Lipinski definition) is 1. The van der Waals surface area contributed by atoms with Gasteiger partial charge in [-0.3, -0.25) is 0 Å². The van der Waals surface area contributed by atoms with Crippen LogP contribution in [-0.4, -0.2) is 17.8 Å². The van der Waals surface area contributed by atoms with Gasteiger partial charge in [0, 0.05) is 12.1 Å². The molecule has 88 valence electrons. The third kappa shape index (κ3) is 2.16. The van der Waals surface area contributed by atoms with Gasteiger partial charge in [0.25, 0.3) is 0 Å². The highest BCUT2D eigenvalue weighted by Crippen LogP contribution is 2.39. The second-order valence-electron chi connectivity index (χ2n) is 5.33. The summed E-state index contributed by atoms with van der Waals surface area (Å²) >= 11 is 1.70. The van der Waals surface area contributed by atoms with Gasteiger partial charge in [-0.25, -0.2) is 4.39 Å². The van der Waals surface area contributed by atoms with Crippen molar-refractivity contribution in [3.63, 3.8) is 0 Å². The molecule has 3 heterocycles. The van der Waals surface area contributed by atoms with Crippen LogP contribution in [0.5, 0.6) is 0 Å². The summed E-state index contributed by atoms with van der Waals surface area (Å²) in [6, 6.07) is 3.02. The highest BCUT2D eigenvalue weighted by Gasteiger charge is 2.43. The van der Waals surface area contributed by atoms with Gasteiger partial charge in [0.2, 0.25) is 0 Å². The fraction of sp³-hybridized carbons (Fsp3) is 0.692. The van der Waals surface area contributed by atoms with Crippen LogP contribution in [0.3, 0.4) is 0 Å². The maximum absolute atomic E-state index is 14.7. The Kier molecular flexibility index (Phi) is 2.76. The lowest BCUT2D eigenvalue weighted by Gasteiger charge is -2.35. The van der Waals surface area contributed by atoms with E-state index in [1.54, 1.807) is 11.3 Å². The average molecular weight is 239 g/mol.